The molecule has 0 atom stereocenters. The van der Waals surface area contributed by atoms with Gasteiger partial charge in [-0.2, -0.15) is 0 Å². The summed E-state index contributed by atoms with van der Waals surface area (Å²) in [7, 11) is 0. The lowest BCUT2D eigenvalue weighted by molar-refractivity contribution is -0.151. The van der Waals surface area contributed by atoms with Gasteiger partial charge in [0.25, 0.3) is 0 Å². The van der Waals surface area contributed by atoms with Crippen molar-refractivity contribution in [2.45, 2.75) is 12.8 Å². The van der Waals surface area contributed by atoms with Gasteiger partial charge in [0, 0.05) is 50.7 Å². The fourth-order valence-electron chi connectivity index (χ4n) is 3.60. The second-order valence-electron chi connectivity index (χ2n) is 6.76. The van der Waals surface area contributed by atoms with E-state index < -0.39 is 23.4 Å². The van der Waals surface area contributed by atoms with E-state index in [1.165, 1.54) is 6.33 Å². The van der Waals surface area contributed by atoms with Gasteiger partial charge >= 0.3 is 11.8 Å². The van der Waals surface area contributed by atoms with Crippen LogP contribution in [0.4, 0.5) is 14.6 Å². The van der Waals surface area contributed by atoms with Crippen LogP contribution in [0.25, 0.3) is 10.9 Å². The molecule has 0 unspecified atom stereocenters. The molecule has 0 radical (unpaired) electrons. The summed E-state index contributed by atoms with van der Waals surface area (Å²) in [5.41, 5.74) is 0.321. The Hall–Kier alpha value is -2.84. The van der Waals surface area contributed by atoms with E-state index in [0.29, 0.717) is 56.0 Å². The Bertz CT molecular complexity index is 893. The van der Waals surface area contributed by atoms with Crippen LogP contribution in [0.15, 0.2) is 18.5 Å². The number of fused-ring (bicyclic) bond motifs is 1. The number of carbonyl (C=O) groups is 2. The van der Waals surface area contributed by atoms with Crippen LogP contribution in [0.2, 0.25) is 0 Å². The summed E-state index contributed by atoms with van der Waals surface area (Å²) in [4.78, 5) is 37.9. The first-order chi connectivity index (χ1) is 13.0. The number of piperazine rings is 1. The Labute approximate surface area is 154 Å². The number of likely N-dealkylation sites (tertiary alicyclic amines) is 1. The van der Waals surface area contributed by atoms with E-state index in [2.05, 4.69) is 9.97 Å². The molecule has 2 aliphatic heterocycles. The minimum absolute atomic E-state index is 0.321. The van der Waals surface area contributed by atoms with Crippen LogP contribution in [-0.4, -0.2) is 70.9 Å². The number of hydrogen-bond acceptors (Lipinski definition) is 5. The fourth-order valence-corrected chi connectivity index (χ4v) is 3.60. The van der Waals surface area contributed by atoms with E-state index in [1.54, 1.807) is 9.80 Å². The van der Waals surface area contributed by atoms with E-state index in [4.69, 9.17) is 0 Å². The van der Waals surface area contributed by atoms with Gasteiger partial charge in [-0.3, -0.25) is 9.59 Å². The Morgan fingerprint density at radius 3 is 2.07 bits per heavy atom. The van der Waals surface area contributed by atoms with E-state index in [-0.39, 0.29) is 0 Å². The lowest BCUT2D eigenvalue weighted by Crippen LogP contribution is -2.53. The first-order valence-electron chi connectivity index (χ1n) is 8.97. The maximum Gasteiger partial charge on any atom is 0.312 e. The van der Waals surface area contributed by atoms with Gasteiger partial charge in [0.1, 0.15) is 12.1 Å². The number of benzene rings is 1. The predicted octanol–water partition coefficient (Wildman–Crippen LogP) is 1.18. The summed E-state index contributed by atoms with van der Waals surface area (Å²) in [6, 6.07) is 2.14. The van der Waals surface area contributed by atoms with E-state index in [9.17, 15) is 18.4 Å². The molecule has 7 nitrogen and oxygen atoms in total. The van der Waals surface area contributed by atoms with Gasteiger partial charge < -0.3 is 14.7 Å². The zero-order chi connectivity index (χ0) is 19.0. The van der Waals surface area contributed by atoms with Crippen LogP contribution in [-0.2, 0) is 9.59 Å². The summed E-state index contributed by atoms with van der Waals surface area (Å²) in [5.74, 6) is -2.33. The number of nitrogens with zero attached hydrogens (tertiary/aromatic N) is 5. The summed E-state index contributed by atoms with van der Waals surface area (Å²) in [5, 5.41) is 0.421. The molecule has 2 aromatic rings. The SMILES string of the molecule is O=C(C(=O)N1CCN(c2ncnc3cc(F)c(F)cc23)CC1)N1CCCC1. The molecule has 1 aromatic heterocycles. The highest BCUT2D eigenvalue weighted by molar-refractivity contribution is 6.35. The van der Waals surface area contributed by atoms with E-state index in [1.807, 2.05) is 4.90 Å². The molecule has 0 N–H and O–H groups in total. The highest BCUT2D eigenvalue weighted by Crippen LogP contribution is 2.26. The van der Waals surface area contributed by atoms with Crippen molar-refractivity contribution in [2.75, 3.05) is 44.2 Å². The van der Waals surface area contributed by atoms with Gasteiger partial charge in [-0.05, 0) is 18.9 Å². The third-order valence-corrected chi connectivity index (χ3v) is 5.10. The molecule has 27 heavy (non-hydrogen) atoms. The normalized spacial score (nSPS) is 17.6. The molecule has 0 spiro atoms. The second-order valence-corrected chi connectivity index (χ2v) is 6.76. The molecule has 9 heteroatoms. The third-order valence-electron chi connectivity index (χ3n) is 5.10. The topological polar surface area (TPSA) is 69.6 Å². The quantitative estimate of drug-likeness (QED) is 0.700. The Morgan fingerprint density at radius 1 is 0.815 bits per heavy atom. The molecule has 2 aliphatic rings. The third kappa shape index (κ3) is 3.29. The van der Waals surface area contributed by atoms with Crippen LogP contribution >= 0.6 is 0 Å². The van der Waals surface area contributed by atoms with Gasteiger partial charge in [0.2, 0.25) is 0 Å². The molecule has 142 valence electrons. The lowest BCUT2D eigenvalue weighted by Gasteiger charge is -2.35. The highest BCUT2D eigenvalue weighted by Gasteiger charge is 2.31. The molecular weight excluding hydrogens is 356 g/mol. The lowest BCUT2D eigenvalue weighted by atomic mass is 10.2. The molecule has 0 aliphatic carbocycles. The van der Waals surface area contributed by atoms with Crippen molar-refractivity contribution in [1.82, 2.24) is 19.8 Å². The minimum atomic E-state index is -0.956. The number of anilines is 1. The van der Waals surface area contributed by atoms with Crippen molar-refractivity contribution in [3.05, 3.63) is 30.1 Å². The number of aromatic nitrogens is 2. The average molecular weight is 375 g/mol. The number of amides is 2. The van der Waals surface area contributed by atoms with Gasteiger partial charge in [-0.1, -0.05) is 0 Å². The molecular formula is C18H19F2N5O2. The standard InChI is InChI=1S/C18H19F2N5O2/c19-13-9-12-15(10-14(13)20)21-11-22-16(12)23-5-7-25(8-6-23)18(27)17(26)24-3-1-2-4-24/h9-11H,1-8H2. The van der Waals surface area contributed by atoms with Crippen LogP contribution in [0, 0.1) is 11.6 Å². The highest BCUT2D eigenvalue weighted by atomic mass is 19.2. The Balaban J connectivity index is 1.48. The Kier molecular flexibility index (Phi) is 4.59. The van der Waals surface area contributed by atoms with Crippen molar-refractivity contribution in [2.24, 2.45) is 0 Å². The van der Waals surface area contributed by atoms with Gasteiger partial charge in [-0.15, -0.1) is 0 Å². The monoisotopic (exact) mass is 375 g/mol. The first-order valence-corrected chi connectivity index (χ1v) is 8.97. The van der Waals surface area contributed by atoms with E-state index in [0.717, 1.165) is 25.0 Å². The first kappa shape index (κ1) is 17.6. The number of hydrogen-bond donors (Lipinski definition) is 0. The number of halogens is 2. The maximum atomic E-state index is 13.7. The van der Waals surface area contributed by atoms with Gasteiger partial charge in [0.15, 0.2) is 11.6 Å². The largest absolute Gasteiger partial charge is 0.352 e. The van der Waals surface area contributed by atoms with Crippen LogP contribution in [0.5, 0.6) is 0 Å². The number of carbonyl (C=O) groups excluding carboxylic acids is 2. The zero-order valence-electron chi connectivity index (χ0n) is 14.7. The molecule has 2 saturated heterocycles. The van der Waals surface area contributed by atoms with Gasteiger partial charge in [-0.25, -0.2) is 18.7 Å². The molecule has 3 heterocycles. The molecule has 0 bridgehead atoms. The molecule has 4 rings (SSSR count). The van der Waals surface area contributed by atoms with Crippen LogP contribution in [0.3, 0.4) is 0 Å². The van der Waals surface area contributed by atoms with E-state index >= 15 is 0 Å². The Morgan fingerprint density at radius 2 is 1.41 bits per heavy atom. The average Bonchev–Trinajstić information content (AvgIpc) is 3.22. The second kappa shape index (κ2) is 7.05. The predicted molar refractivity (Wildman–Crippen MR) is 94.1 cm³/mol. The van der Waals surface area contributed by atoms with Gasteiger partial charge in [0.05, 0.1) is 5.52 Å². The van der Waals surface area contributed by atoms with Crippen molar-refractivity contribution in [1.29, 1.82) is 0 Å². The van der Waals surface area contributed by atoms with Crippen molar-refractivity contribution >= 4 is 28.5 Å². The minimum Gasteiger partial charge on any atom is -0.352 e. The smallest absolute Gasteiger partial charge is 0.312 e. The zero-order valence-corrected chi connectivity index (χ0v) is 14.7. The molecule has 2 fully saturated rings. The fraction of sp³-hybridized carbons (Fsp3) is 0.444. The summed E-state index contributed by atoms with van der Waals surface area (Å²) >= 11 is 0. The maximum absolute atomic E-state index is 13.7. The summed E-state index contributed by atoms with van der Waals surface area (Å²) < 4.78 is 27.1. The van der Waals surface area contributed by atoms with Crippen molar-refractivity contribution in [3.63, 3.8) is 0 Å². The van der Waals surface area contributed by atoms with Crippen LogP contribution in [0.1, 0.15) is 12.8 Å². The van der Waals surface area contributed by atoms with Crippen molar-refractivity contribution < 1.29 is 18.4 Å². The van der Waals surface area contributed by atoms with Crippen LogP contribution < -0.4 is 4.90 Å². The molecule has 1 aromatic carbocycles. The summed E-state index contributed by atoms with van der Waals surface area (Å²) in [6.07, 6.45) is 3.18. The number of rotatable bonds is 1. The molecule has 0 saturated carbocycles. The molecule has 2 amide bonds. The summed E-state index contributed by atoms with van der Waals surface area (Å²) in [6.45, 7) is 2.91. The van der Waals surface area contributed by atoms with Crippen molar-refractivity contribution in [3.8, 4) is 0 Å².